The van der Waals surface area contributed by atoms with Gasteiger partial charge in [0.1, 0.15) is 0 Å². The van der Waals surface area contributed by atoms with Gasteiger partial charge in [0.15, 0.2) is 0 Å². The third-order valence-corrected chi connectivity index (χ3v) is 1.57. The van der Waals surface area contributed by atoms with Crippen LogP contribution in [0.15, 0.2) is 0 Å². The van der Waals surface area contributed by atoms with Crippen molar-refractivity contribution in [3.8, 4) is 12.3 Å². The minimum Gasteiger partial charge on any atom is -0.317 e. The van der Waals surface area contributed by atoms with Crippen molar-refractivity contribution in [2.75, 3.05) is 13.1 Å². The van der Waals surface area contributed by atoms with Gasteiger partial charge in [0.05, 0.1) is 0 Å². The molecule has 0 atom stereocenters. The minimum atomic E-state index is 0. The highest BCUT2D eigenvalue weighted by Crippen LogP contribution is 2.08. The van der Waals surface area contributed by atoms with Gasteiger partial charge in [0, 0.05) is 5.92 Å². The fourth-order valence-electron chi connectivity index (χ4n) is 0.989. The van der Waals surface area contributed by atoms with Crippen molar-refractivity contribution >= 4 is 12.4 Å². The van der Waals surface area contributed by atoms with Crippen LogP contribution in [0.5, 0.6) is 0 Å². The molecule has 0 aromatic carbocycles. The molecular formula is C7H12ClN. The highest BCUT2D eigenvalue weighted by atomic mass is 35.5. The van der Waals surface area contributed by atoms with Gasteiger partial charge in [-0.25, -0.2) is 0 Å². The molecule has 0 bridgehead atoms. The van der Waals surface area contributed by atoms with Crippen molar-refractivity contribution in [1.82, 2.24) is 5.32 Å². The number of halogens is 1. The number of piperidine rings is 1. The molecule has 2 heteroatoms. The SMILES string of the molecule is C#CC1CCNCC1.Cl. The van der Waals surface area contributed by atoms with Crippen LogP contribution in [0.2, 0.25) is 0 Å². The number of rotatable bonds is 0. The molecule has 1 aliphatic heterocycles. The van der Waals surface area contributed by atoms with E-state index in [1.165, 1.54) is 0 Å². The summed E-state index contributed by atoms with van der Waals surface area (Å²) in [7, 11) is 0. The van der Waals surface area contributed by atoms with Gasteiger partial charge in [0.2, 0.25) is 0 Å². The molecule has 0 aromatic heterocycles. The van der Waals surface area contributed by atoms with E-state index in [1.54, 1.807) is 0 Å². The summed E-state index contributed by atoms with van der Waals surface area (Å²) < 4.78 is 0. The molecule has 0 unspecified atom stereocenters. The van der Waals surface area contributed by atoms with E-state index in [9.17, 15) is 0 Å². The molecule has 0 aromatic rings. The Morgan fingerprint density at radius 1 is 1.33 bits per heavy atom. The minimum absolute atomic E-state index is 0. The first-order valence-corrected chi connectivity index (χ1v) is 3.10. The summed E-state index contributed by atoms with van der Waals surface area (Å²) in [4.78, 5) is 0. The summed E-state index contributed by atoms with van der Waals surface area (Å²) in [6.45, 7) is 2.21. The Bertz CT molecular complexity index is 100.0. The molecule has 1 saturated heterocycles. The lowest BCUT2D eigenvalue weighted by molar-refractivity contribution is 0.448. The molecule has 0 spiro atoms. The summed E-state index contributed by atoms with van der Waals surface area (Å²) in [6.07, 6.45) is 7.55. The van der Waals surface area contributed by atoms with Crippen molar-refractivity contribution in [3.63, 3.8) is 0 Å². The standard InChI is InChI=1S/C7H11N.ClH/c1-2-7-3-5-8-6-4-7;/h1,7-8H,3-6H2;1H. The van der Waals surface area contributed by atoms with Crippen LogP contribution in [0, 0.1) is 18.3 Å². The van der Waals surface area contributed by atoms with Crippen LogP contribution in [-0.2, 0) is 0 Å². The zero-order valence-corrected chi connectivity index (χ0v) is 6.21. The van der Waals surface area contributed by atoms with Gasteiger partial charge in [-0.2, -0.15) is 0 Å². The molecular weight excluding hydrogens is 134 g/mol. The maximum atomic E-state index is 5.23. The van der Waals surface area contributed by atoms with Gasteiger partial charge in [-0.15, -0.1) is 24.8 Å². The van der Waals surface area contributed by atoms with Crippen molar-refractivity contribution in [2.24, 2.45) is 5.92 Å². The topological polar surface area (TPSA) is 12.0 Å². The van der Waals surface area contributed by atoms with E-state index in [4.69, 9.17) is 6.42 Å². The first kappa shape index (κ1) is 8.81. The number of nitrogens with one attached hydrogen (secondary N) is 1. The highest BCUT2D eigenvalue weighted by molar-refractivity contribution is 5.85. The number of terminal acetylenes is 1. The average molecular weight is 146 g/mol. The molecule has 1 fully saturated rings. The van der Waals surface area contributed by atoms with Gasteiger partial charge in [-0.3, -0.25) is 0 Å². The third kappa shape index (κ3) is 2.74. The maximum Gasteiger partial charge on any atom is 0.0224 e. The van der Waals surface area contributed by atoms with Crippen LogP contribution >= 0.6 is 12.4 Å². The summed E-state index contributed by atoms with van der Waals surface area (Å²) in [5.41, 5.74) is 0. The van der Waals surface area contributed by atoms with E-state index in [1.807, 2.05) is 0 Å². The Kier molecular flexibility index (Phi) is 4.57. The van der Waals surface area contributed by atoms with Crippen LogP contribution in [-0.4, -0.2) is 13.1 Å². The van der Waals surface area contributed by atoms with E-state index in [-0.39, 0.29) is 12.4 Å². The summed E-state index contributed by atoms with van der Waals surface area (Å²) in [5.74, 6) is 3.32. The molecule has 1 heterocycles. The largest absolute Gasteiger partial charge is 0.317 e. The van der Waals surface area contributed by atoms with E-state index in [2.05, 4.69) is 11.2 Å². The Balaban J connectivity index is 0.000000640. The van der Waals surface area contributed by atoms with Crippen molar-refractivity contribution < 1.29 is 0 Å². The normalized spacial score (nSPS) is 19.9. The van der Waals surface area contributed by atoms with Crippen LogP contribution in [0.4, 0.5) is 0 Å². The molecule has 0 aliphatic carbocycles. The lowest BCUT2D eigenvalue weighted by Gasteiger charge is -2.16. The molecule has 1 nitrogen and oxygen atoms in total. The number of hydrogen-bond acceptors (Lipinski definition) is 1. The van der Waals surface area contributed by atoms with E-state index < -0.39 is 0 Å². The van der Waals surface area contributed by atoms with Crippen LogP contribution in [0.25, 0.3) is 0 Å². The summed E-state index contributed by atoms with van der Waals surface area (Å²) in [6, 6.07) is 0. The maximum absolute atomic E-state index is 5.23. The van der Waals surface area contributed by atoms with Crippen molar-refractivity contribution in [1.29, 1.82) is 0 Å². The zero-order chi connectivity index (χ0) is 5.82. The first-order chi connectivity index (χ1) is 3.93. The second kappa shape index (κ2) is 4.67. The monoisotopic (exact) mass is 145 g/mol. The molecule has 9 heavy (non-hydrogen) atoms. The molecule has 1 aliphatic rings. The van der Waals surface area contributed by atoms with Gasteiger partial charge >= 0.3 is 0 Å². The van der Waals surface area contributed by atoms with E-state index in [0.29, 0.717) is 5.92 Å². The highest BCUT2D eigenvalue weighted by Gasteiger charge is 2.07. The van der Waals surface area contributed by atoms with Gasteiger partial charge in [-0.05, 0) is 25.9 Å². The zero-order valence-electron chi connectivity index (χ0n) is 5.39. The molecule has 1 rings (SSSR count). The molecule has 1 N–H and O–H groups in total. The predicted molar refractivity (Wildman–Crippen MR) is 41.7 cm³/mol. The first-order valence-electron chi connectivity index (χ1n) is 3.10. The Hall–Kier alpha value is -0.190. The fraction of sp³-hybridized carbons (Fsp3) is 0.714. The van der Waals surface area contributed by atoms with Crippen LogP contribution in [0.3, 0.4) is 0 Å². The lowest BCUT2D eigenvalue weighted by Crippen LogP contribution is -2.26. The quantitative estimate of drug-likeness (QED) is 0.503. The van der Waals surface area contributed by atoms with Crippen LogP contribution in [0.1, 0.15) is 12.8 Å². The molecule has 52 valence electrons. The Morgan fingerprint density at radius 3 is 2.22 bits per heavy atom. The van der Waals surface area contributed by atoms with Crippen molar-refractivity contribution in [3.05, 3.63) is 0 Å². The van der Waals surface area contributed by atoms with Crippen LogP contribution < -0.4 is 5.32 Å². The van der Waals surface area contributed by atoms with E-state index in [0.717, 1.165) is 25.9 Å². The van der Waals surface area contributed by atoms with Gasteiger partial charge in [0.25, 0.3) is 0 Å². The lowest BCUT2D eigenvalue weighted by atomic mass is 10.00. The summed E-state index contributed by atoms with van der Waals surface area (Å²) in [5, 5.41) is 3.25. The van der Waals surface area contributed by atoms with Crippen molar-refractivity contribution in [2.45, 2.75) is 12.8 Å². The third-order valence-electron chi connectivity index (χ3n) is 1.57. The van der Waals surface area contributed by atoms with Gasteiger partial charge in [-0.1, -0.05) is 0 Å². The molecule has 0 amide bonds. The number of hydrogen-bond donors (Lipinski definition) is 1. The summed E-state index contributed by atoms with van der Waals surface area (Å²) >= 11 is 0. The molecule has 0 radical (unpaired) electrons. The fourth-order valence-corrected chi connectivity index (χ4v) is 0.989. The van der Waals surface area contributed by atoms with E-state index >= 15 is 0 Å². The Labute approximate surface area is 62.6 Å². The average Bonchev–Trinajstić information content (AvgIpc) is 1.90. The second-order valence-corrected chi connectivity index (χ2v) is 2.19. The second-order valence-electron chi connectivity index (χ2n) is 2.19. The Morgan fingerprint density at radius 2 is 1.89 bits per heavy atom. The predicted octanol–water partition coefficient (Wildman–Crippen LogP) is 1.04. The molecule has 0 saturated carbocycles. The van der Waals surface area contributed by atoms with Gasteiger partial charge < -0.3 is 5.32 Å². The smallest absolute Gasteiger partial charge is 0.0224 e.